The molecule has 1 aromatic carbocycles. The Morgan fingerprint density at radius 3 is 2.32 bits per heavy atom. The van der Waals surface area contributed by atoms with Crippen molar-refractivity contribution < 1.29 is 15.6 Å². The zero-order valence-electron chi connectivity index (χ0n) is 18.4. The van der Waals surface area contributed by atoms with E-state index in [4.69, 9.17) is 0 Å². The van der Waals surface area contributed by atoms with Crippen LogP contribution in [0.15, 0.2) is 52.1 Å². The molecule has 0 amide bonds. The van der Waals surface area contributed by atoms with Crippen LogP contribution in [-0.2, 0) is 15.6 Å². The minimum absolute atomic E-state index is 0.150. The van der Waals surface area contributed by atoms with Crippen LogP contribution in [-0.4, -0.2) is 0 Å². The zero-order valence-corrected chi connectivity index (χ0v) is 24.0. The van der Waals surface area contributed by atoms with E-state index in [9.17, 15) is 0 Å². The van der Waals surface area contributed by atoms with Crippen molar-refractivity contribution in [3.05, 3.63) is 63.3 Å². The van der Waals surface area contributed by atoms with Crippen LogP contribution in [0.3, 0.4) is 0 Å². The Morgan fingerprint density at radius 1 is 1.07 bits per heavy atom. The molecule has 2 aliphatic rings. The third-order valence-corrected chi connectivity index (χ3v) is 30.3. The molecule has 0 radical (unpaired) electrons. The van der Waals surface area contributed by atoms with Gasteiger partial charge in [-0.25, -0.2) is 0 Å². The molecule has 1 aromatic rings. The van der Waals surface area contributed by atoms with Crippen LogP contribution in [0.5, 0.6) is 0 Å². The summed E-state index contributed by atoms with van der Waals surface area (Å²) in [6.07, 6.45) is 6.08. The topological polar surface area (TPSA) is 0 Å². The number of hydrogen-bond donors (Lipinski definition) is 0. The standard InChI is InChI=1S/C13H15.C12H19.2BrH.Zr/c1-10(2)7-11-8-12-5-3-4-6-13(12)9-11;1-6-7-12-10(4)8(2)9(3)11(12)5;;;/h3-6,8-10H,7H2,1-2H3;6-7H2,1-5H3;2*1H;/q;;;;+2/p-2. The molecule has 0 nitrogen and oxygen atoms in total. The van der Waals surface area contributed by atoms with Gasteiger partial charge < -0.3 is 0 Å². The van der Waals surface area contributed by atoms with Gasteiger partial charge in [0.15, 0.2) is 0 Å². The van der Waals surface area contributed by atoms with E-state index in [2.05, 4.69) is 103 Å². The van der Waals surface area contributed by atoms with Crippen molar-refractivity contribution in [2.75, 3.05) is 0 Å². The second-order valence-corrected chi connectivity index (χ2v) is 37.3. The fourth-order valence-electron chi connectivity index (χ4n) is 5.38. The maximum atomic E-state index is 4.52. The van der Waals surface area contributed by atoms with Crippen molar-refractivity contribution in [1.82, 2.24) is 0 Å². The van der Waals surface area contributed by atoms with Crippen molar-refractivity contribution in [2.24, 2.45) is 5.92 Å². The molecule has 3 rings (SSSR count). The van der Waals surface area contributed by atoms with E-state index in [-0.39, 0.29) is 3.12 Å². The van der Waals surface area contributed by atoms with Crippen LogP contribution in [0.2, 0.25) is 3.12 Å². The molecule has 0 N–H and O–H groups in total. The molecule has 0 saturated heterocycles. The van der Waals surface area contributed by atoms with Gasteiger partial charge in [-0.15, -0.1) is 0 Å². The van der Waals surface area contributed by atoms with Gasteiger partial charge in [-0.2, -0.15) is 0 Å². The Balaban J connectivity index is 2.19. The van der Waals surface area contributed by atoms with Crippen LogP contribution in [0.1, 0.15) is 82.5 Å². The summed E-state index contributed by atoms with van der Waals surface area (Å²) in [5.74, 6) is 0.673. The predicted octanol–water partition coefficient (Wildman–Crippen LogP) is 9.59. The van der Waals surface area contributed by atoms with E-state index in [0.29, 0.717) is 9.54 Å². The van der Waals surface area contributed by atoms with Crippen LogP contribution in [0.25, 0.3) is 6.08 Å². The summed E-state index contributed by atoms with van der Waals surface area (Å²) in [5.41, 5.74) is 10.9. The monoisotopic (exact) mass is 582 g/mol. The molecule has 2 aliphatic carbocycles. The Kier molecular flexibility index (Phi) is 6.91. The number of rotatable bonds is 6. The molecule has 152 valence electrons. The number of benzene rings is 1. The minimum atomic E-state index is -3.12. The molecule has 2 unspecified atom stereocenters. The van der Waals surface area contributed by atoms with Gasteiger partial charge in [-0.3, -0.25) is 0 Å². The maximum absolute atomic E-state index is 4.52. The van der Waals surface area contributed by atoms with E-state index in [0.717, 1.165) is 0 Å². The van der Waals surface area contributed by atoms with E-state index < -0.39 is 15.6 Å². The number of halogens is 2. The molecule has 28 heavy (non-hydrogen) atoms. The third-order valence-electron chi connectivity index (χ3n) is 7.12. The first-order valence-corrected chi connectivity index (χ1v) is 24.5. The van der Waals surface area contributed by atoms with Gasteiger partial charge in [0, 0.05) is 0 Å². The molecule has 3 heteroatoms. The molecule has 2 atom stereocenters. The summed E-state index contributed by atoms with van der Waals surface area (Å²) in [4.78, 5) is 0. The first-order valence-electron chi connectivity index (χ1n) is 10.6. The van der Waals surface area contributed by atoms with Crippen molar-refractivity contribution in [1.29, 1.82) is 0 Å². The Morgan fingerprint density at radius 2 is 1.71 bits per heavy atom. The second-order valence-electron chi connectivity index (χ2n) is 9.23. The molecule has 0 bridgehead atoms. The van der Waals surface area contributed by atoms with Gasteiger partial charge >= 0.3 is 190 Å². The Labute approximate surface area is 188 Å². The molecule has 0 aromatic heterocycles. The molecule has 0 aliphatic heterocycles. The molecular weight excluding hydrogens is 551 g/mol. The van der Waals surface area contributed by atoms with Crippen LogP contribution in [0.4, 0.5) is 0 Å². The average molecular weight is 586 g/mol. The van der Waals surface area contributed by atoms with Gasteiger partial charge in [0.05, 0.1) is 0 Å². The van der Waals surface area contributed by atoms with E-state index in [1.165, 1.54) is 36.0 Å². The molecule has 0 heterocycles. The summed E-state index contributed by atoms with van der Waals surface area (Å²) in [6, 6.07) is 9.08. The normalized spacial score (nSPS) is 25.1. The zero-order chi connectivity index (χ0) is 20.9. The average Bonchev–Trinajstić information content (AvgIpc) is 3.07. The van der Waals surface area contributed by atoms with Crippen molar-refractivity contribution in [3.8, 4) is 0 Å². The summed E-state index contributed by atoms with van der Waals surface area (Å²) in [6.45, 7) is 16.6. The van der Waals surface area contributed by atoms with Gasteiger partial charge in [0.25, 0.3) is 0 Å². The third kappa shape index (κ3) is 3.50. The van der Waals surface area contributed by atoms with Crippen LogP contribution in [0, 0.1) is 5.92 Å². The SMILES string of the molecule is CCCC1=C(C)C(C)=C(C)[C]1(C)[Zr]([Br])([Br])[CH]1C(CC(C)C)=Cc2ccccc21. The van der Waals surface area contributed by atoms with E-state index >= 15 is 0 Å². The molecular formula is C25H34Br2Zr. The van der Waals surface area contributed by atoms with E-state index in [1.807, 2.05) is 0 Å². The van der Waals surface area contributed by atoms with Crippen LogP contribution < -0.4 is 0 Å². The number of hydrogen-bond acceptors (Lipinski definition) is 0. The fourth-order valence-corrected chi connectivity index (χ4v) is 26.2. The first kappa shape index (κ1) is 23.0. The summed E-state index contributed by atoms with van der Waals surface area (Å²) >= 11 is 5.91. The molecule has 0 fully saturated rings. The van der Waals surface area contributed by atoms with Gasteiger partial charge in [-0.1, -0.05) is 0 Å². The van der Waals surface area contributed by atoms with E-state index in [1.54, 1.807) is 22.3 Å². The Hall–Kier alpha value is 0.283. The molecule has 0 saturated carbocycles. The van der Waals surface area contributed by atoms with Crippen molar-refractivity contribution in [2.45, 2.75) is 74.5 Å². The van der Waals surface area contributed by atoms with Crippen molar-refractivity contribution in [3.63, 3.8) is 0 Å². The summed E-state index contributed by atoms with van der Waals surface area (Å²) < 4.78 is 0.676. The van der Waals surface area contributed by atoms with Crippen LogP contribution >= 0.6 is 24.4 Å². The summed E-state index contributed by atoms with van der Waals surface area (Å²) in [5, 5.41) is 0. The number of fused-ring (bicyclic) bond motifs is 1. The summed E-state index contributed by atoms with van der Waals surface area (Å²) in [7, 11) is 0. The van der Waals surface area contributed by atoms with Gasteiger partial charge in [0.2, 0.25) is 0 Å². The predicted molar refractivity (Wildman–Crippen MR) is 129 cm³/mol. The van der Waals surface area contributed by atoms with Gasteiger partial charge in [0.1, 0.15) is 0 Å². The fraction of sp³-hybridized carbons (Fsp3) is 0.520. The molecule has 0 spiro atoms. The van der Waals surface area contributed by atoms with Gasteiger partial charge in [-0.05, 0) is 0 Å². The number of allylic oxidation sites excluding steroid dienone is 5. The Bertz CT molecular complexity index is 872. The first-order chi connectivity index (χ1) is 13.1. The second kappa shape index (κ2) is 8.43. The quantitative estimate of drug-likeness (QED) is 0.312. The van der Waals surface area contributed by atoms with Crippen molar-refractivity contribution >= 4 is 30.5 Å².